The molecular formula is C119H65N13O3. The summed E-state index contributed by atoms with van der Waals surface area (Å²) < 4.78 is 33.1. The van der Waals surface area contributed by atoms with E-state index in [0.717, 1.165) is 253 Å². The Morgan fingerprint density at radius 1 is 0.170 bits per heavy atom. The minimum absolute atomic E-state index is 0.756. The molecule has 0 saturated carbocycles. The Morgan fingerprint density at radius 2 is 0.459 bits per heavy atom. The van der Waals surface area contributed by atoms with Gasteiger partial charge < -0.3 is 27.0 Å². The number of benzene rings is 17. The van der Waals surface area contributed by atoms with Crippen molar-refractivity contribution in [1.29, 1.82) is 0 Å². The van der Waals surface area contributed by atoms with Crippen molar-refractivity contribution >= 4 is 279 Å². The Kier molecular flexibility index (Phi) is 14.4. The molecule has 0 N–H and O–H groups in total. The van der Waals surface area contributed by atoms with Crippen LogP contribution in [0, 0.1) is 0 Å². The molecule has 0 bridgehead atoms. The molecule has 16 nitrogen and oxygen atoms in total. The highest BCUT2D eigenvalue weighted by Gasteiger charge is 2.28. The van der Waals surface area contributed by atoms with Gasteiger partial charge in [0.1, 0.15) is 55.8 Å². The second-order valence-corrected chi connectivity index (χ2v) is 35.3. The summed E-state index contributed by atoms with van der Waals surface area (Å²) in [7, 11) is 0. The first-order valence-electron chi connectivity index (χ1n) is 45.4. The number of pyridine rings is 7. The average Bonchev–Trinajstić information content (AvgIpc) is 1.57. The van der Waals surface area contributed by atoms with Crippen LogP contribution in [0.25, 0.3) is 296 Å². The Bertz CT molecular complexity index is 10100. The van der Waals surface area contributed by atoms with Gasteiger partial charge in [-0.05, 0) is 144 Å². The summed E-state index contributed by atoms with van der Waals surface area (Å²) in [6.07, 6.45) is 7.86. The fraction of sp³-hybridized carbons (Fsp3) is 0. The summed E-state index contributed by atoms with van der Waals surface area (Å²) in [4.78, 5) is 35.9. The standard InChI is InChI=1S/2C40H22N4O.C39H21N5O/c1-2-13-29-24(9-1)25-10-3-7-15-34(25)44-35-20-17-23(21-32(35)42-40(29)44)43-33-14-6-4-11-26(33)31-22-41-37-30(38(31)43)19-18-28-27-12-5-8-16-36(27)45-39(28)37;1-2-13-29-24(9-1)25-10-3-7-15-34(25)44-35-20-17-23(21-32(35)42-40(29)44)43-33-14-6-4-11-26(33)28-18-19-30-37(38(28)43)41-22-31-27-12-5-8-16-36(27)45-39(30)31;1-2-13-27-23(9-1)24-10-3-7-15-32(24)44-33-18-17-22(19-30(33)42-39(27)44)43-31-14-6-4-11-25(31)28-20-41-36-35(37(28)43)40-21-29-26-12-5-8-16-34(26)45-38(29)36/h2*1-22H;1-21H. The van der Waals surface area contributed by atoms with Crippen molar-refractivity contribution < 1.29 is 13.3 Å². The first-order chi connectivity index (χ1) is 67.0. The van der Waals surface area contributed by atoms with E-state index in [9.17, 15) is 0 Å². The number of aromatic nitrogens is 13. The Morgan fingerprint density at radius 3 is 0.911 bits per heavy atom. The molecule has 33 rings (SSSR count). The highest BCUT2D eigenvalue weighted by Crippen LogP contribution is 2.47. The van der Waals surface area contributed by atoms with Gasteiger partial charge in [-0.2, -0.15) is 0 Å². The first kappa shape index (κ1) is 72.3. The highest BCUT2D eigenvalue weighted by atomic mass is 16.3. The third kappa shape index (κ3) is 9.92. The lowest BCUT2D eigenvalue weighted by Crippen LogP contribution is -1.96. The van der Waals surface area contributed by atoms with Crippen LogP contribution in [0.3, 0.4) is 0 Å². The number of fused-ring (bicyclic) bond motifs is 51. The molecule has 0 aliphatic heterocycles. The number of para-hydroxylation sites is 9. The normalized spacial score (nSPS) is 12.4. The van der Waals surface area contributed by atoms with Crippen molar-refractivity contribution in [3.05, 3.63) is 395 Å². The quantitative estimate of drug-likeness (QED) is 0.156. The summed E-state index contributed by atoms with van der Waals surface area (Å²) in [6.45, 7) is 0. The Hall–Kier alpha value is -18.7. The van der Waals surface area contributed by atoms with Gasteiger partial charge in [0.2, 0.25) is 0 Å². The summed E-state index contributed by atoms with van der Waals surface area (Å²) in [5, 5.41) is 25.9. The summed E-state index contributed by atoms with van der Waals surface area (Å²) in [6, 6.07) is 130. The third-order valence-corrected chi connectivity index (χ3v) is 28.4. The molecule has 624 valence electrons. The smallest absolute Gasteiger partial charge is 0.164 e. The van der Waals surface area contributed by atoms with Gasteiger partial charge in [0.25, 0.3) is 0 Å². The molecule has 0 fully saturated rings. The van der Waals surface area contributed by atoms with Crippen LogP contribution in [0.2, 0.25) is 0 Å². The van der Waals surface area contributed by atoms with E-state index in [1.54, 1.807) is 0 Å². The summed E-state index contributed by atoms with van der Waals surface area (Å²) >= 11 is 0. The van der Waals surface area contributed by atoms with Gasteiger partial charge >= 0.3 is 0 Å². The van der Waals surface area contributed by atoms with Gasteiger partial charge in [-0.1, -0.05) is 243 Å². The maximum absolute atomic E-state index is 6.43. The zero-order chi connectivity index (χ0) is 87.7. The number of rotatable bonds is 3. The molecule has 0 radical (unpaired) electrons. The van der Waals surface area contributed by atoms with E-state index >= 15 is 0 Å². The van der Waals surface area contributed by atoms with Crippen molar-refractivity contribution in [3.63, 3.8) is 0 Å². The Balaban J connectivity index is 0.0000000945. The second kappa shape index (κ2) is 27.0. The number of hydrogen-bond donors (Lipinski definition) is 0. The predicted octanol–water partition coefficient (Wildman–Crippen LogP) is 30.4. The molecule has 0 unspecified atom stereocenters. The van der Waals surface area contributed by atoms with E-state index in [4.69, 9.17) is 48.1 Å². The maximum atomic E-state index is 6.43. The number of imidazole rings is 3. The fourth-order valence-electron chi connectivity index (χ4n) is 22.6. The molecule has 0 atom stereocenters. The van der Waals surface area contributed by atoms with Gasteiger partial charge in [-0.3, -0.25) is 28.2 Å². The SMILES string of the molecule is c1ccc2c(c1)oc1c2ccc2c1ncc1c3ccccc3n(-c3ccc4c(c3)nc3c5ccccc5c5ccccc5n43)c12.c1ccc2c(c1)oc1c2cnc2c1ccc1c3ccccc3n(-c3ccc4c(c3)nc3c5ccccc5c5ccccc5n43)c12.c1ccc2c(c1)oc1c2cnc2c1ncc1c3ccccc3n(-c3ccc4c(c3)nc3c5ccccc5c5ccccc5n43)c12. The van der Waals surface area contributed by atoms with E-state index in [0.29, 0.717) is 0 Å². The van der Waals surface area contributed by atoms with E-state index in [1.807, 2.05) is 73.3 Å². The maximum Gasteiger partial charge on any atom is 0.164 e. The van der Waals surface area contributed by atoms with Crippen LogP contribution >= 0.6 is 0 Å². The van der Waals surface area contributed by atoms with Crippen LogP contribution in [-0.4, -0.2) is 61.8 Å². The van der Waals surface area contributed by atoms with Gasteiger partial charge in [0, 0.05) is 150 Å². The summed E-state index contributed by atoms with van der Waals surface area (Å²) in [5.74, 6) is 0. The van der Waals surface area contributed by atoms with Crippen LogP contribution in [0.1, 0.15) is 0 Å². The molecule has 17 aromatic carbocycles. The first-order valence-corrected chi connectivity index (χ1v) is 45.4. The molecule has 135 heavy (non-hydrogen) atoms. The Labute approximate surface area is 761 Å². The van der Waals surface area contributed by atoms with Crippen LogP contribution in [0.15, 0.2) is 408 Å². The average molecular weight is 1720 g/mol. The minimum atomic E-state index is 0.756. The number of hydrogen-bond acceptors (Lipinski definition) is 10. The lowest BCUT2D eigenvalue weighted by molar-refractivity contribution is 0.671. The lowest BCUT2D eigenvalue weighted by atomic mass is 10.1. The highest BCUT2D eigenvalue weighted by molar-refractivity contribution is 6.28. The monoisotopic (exact) mass is 1720 g/mol. The van der Waals surface area contributed by atoms with E-state index in [1.165, 1.54) is 43.1 Å². The molecule has 0 spiro atoms. The van der Waals surface area contributed by atoms with Gasteiger partial charge in [-0.25, -0.2) is 19.9 Å². The van der Waals surface area contributed by atoms with E-state index < -0.39 is 0 Å². The van der Waals surface area contributed by atoms with Crippen LogP contribution in [-0.2, 0) is 0 Å². The van der Waals surface area contributed by atoms with Crippen molar-refractivity contribution in [3.8, 4) is 17.1 Å². The van der Waals surface area contributed by atoms with Crippen LogP contribution in [0.4, 0.5) is 0 Å². The molecule has 0 saturated heterocycles. The molecule has 0 aliphatic rings. The van der Waals surface area contributed by atoms with Crippen molar-refractivity contribution in [2.75, 3.05) is 0 Å². The topological polar surface area (TPSA) is 158 Å². The summed E-state index contributed by atoms with van der Waals surface area (Å²) in [5.41, 5.74) is 30.5. The van der Waals surface area contributed by atoms with Crippen LogP contribution < -0.4 is 0 Å². The van der Waals surface area contributed by atoms with E-state index in [2.05, 4.69) is 348 Å². The fourth-order valence-corrected chi connectivity index (χ4v) is 22.6. The molecular weight excluding hydrogens is 1660 g/mol. The molecule has 33 aromatic rings. The van der Waals surface area contributed by atoms with Crippen molar-refractivity contribution in [2.45, 2.75) is 0 Å². The van der Waals surface area contributed by atoms with Gasteiger partial charge in [0.15, 0.2) is 11.2 Å². The van der Waals surface area contributed by atoms with Crippen LogP contribution in [0.5, 0.6) is 0 Å². The number of furan rings is 3. The minimum Gasteiger partial charge on any atom is -0.455 e. The molecule has 16 aromatic heterocycles. The molecule has 0 aliphatic carbocycles. The van der Waals surface area contributed by atoms with Gasteiger partial charge in [-0.15, -0.1) is 0 Å². The third-order valence-electron chi connectivity index (χ3n) is 28.4. The molecule has 0 amide bonds. The molecule has 16 heteroatoms. The van der Waals surface area contributed by atoms with Crippen molar-refractivity contribution in [2.24, 2.45) is 0 Å². The zero-order valence-corrected chi connectivity index (χ0v) is 71.6. The largest absolute Gasteiger partial charge is 0.455 e. The lowest BCUT2D eigenvalue weighted by Gasteiger charge is -2.10. The van der Waals surface area contributed by atoms with Crippen molar-refractivity contribution in [1.82, 2.24) is 61.8 Å². The molecule has 16 heterocycles. The van der Waals surface area contributed by atoms with Gasteiger partial charge in [0.05, 0.1) is 88.3 Å². The zero-order valence-electron chi connectivity index (χ0n) is 71.6. The second-order valence-electron chi connectivity index (χ2n) is 35.3. The predicted molar refractivity (Wildman–Crippen MR) is 552 cm³/mol. The number of nitrogens with zero attached hydrogens (tertiary/aromatic N) is 13. The van der Waals surface area contributed by atoms with E-state index in [-0.39, 0.29) is 0 Å².